The third-order valence-corrected chi connectivity index (χ3v) is 1.68. The Balaban J connectivity index is 4.24. The van der Waals surface area contributed by atoms with E-state index in [4.69, 9.17) is 10.3 Å². The van der Waals surface area contributed by atoms with Crippen molar-refractivity contribution in [1.29, 1.82) is 0 Å². The van der Waals surface area contributed by atoms with Gasteiger partial charge in [0.25, 0.3) is 0 Å². The molecule has 0 radical (unpaired) electrons. The average Bonchev–Trinajstić information content (AvgIpc) is 1.96. The maximum atomic E-state index is 8.44. The molecule has 0 aromatic heterocycles. The fraction of sp³-hybridized carbons (Fsp3) is 1.00. The minimum absolute atomic E-state index is 0.0983. The number of hydrogen-bond donors (Lipinski definition) is 0. The monoisotopic (exact) mass is 213 g/mol. The van der Waals surface area contributed by atoms with Crippen molar-refractivity contribution in [3.63, 3.8) is 0 Å². The van der Waals surface area contributed by atoms with Crippen LogP contribution in [0, 0.1) is 10.8 Å². The summed E-state index contributed by atoms with van der Waals surface area (Å²) in [6.45, 7) is 13.2. The van der Waals surface area contributed by atoms with Crippen LogP contribution in [0.3, 0.4) is 0 Å². The Morgan fingerprint density at radius 3 is 2.00 bits per heavy atom. The van der Waals surface area contributed by atoms with Crippen LogP contribution in [0.5, 0.6) is 0 Å². The van der Waals surface area contributed by atoms with Crippen LogP contribution >= 0.6 is 0 Å². The van der Waals surface area contributed by atoms with E-state index < -0.39 is 0 Å². The highest BCUT2D eigenvalue weighted by Gasteiger charge is 2.20. The van der Waals surface area contributed by atoms with E-state index in [-0.39, 0.29) is 17.1 Å². The maximum Gasteiger partial charge on any atom is 0.137 e. The highest BCUT2D eigenvalue weighted by Crippen LogP contribution is 2.24. The molecule has 0 rings (SSSR count). The van der Waals surface area contributed by atoms with Crippen molar-refractivity contribution in [2.24, 2.45) is 15.9 Å². The van der Waals surface area contributed by atoms with Gasteiger partial charge in [-0.2, -0.15) is 0 Å². The molecule has 0 aromatic carbocycles. The number of rotatable bonds is 4. The van der Waals surface area contributed by atoms with Crippen LogP contribution in [0.25, 0.3) is 10.4 Å². The Morgan fingerprint density at radius 2 is 1.67 bits per heavy atom. The molecule has 0 N–H and O–H groups in total. The van der Waals surface area contributed by atoms with Gasteiger partial charge in [0.2, 0.25) is 0 Å². The van der Waals surface area contributed by atoms with Gasteiger partial charge in [0.1, 0.15) is 6.23 Å². The lowest BCUT2D eigenvalue weighted by Gasteiger charge is -2.26. The first-order chi connectivity index (χ1) is 6.64. The fourth-order valence-electron chi connectivity index (χ4n) is 1.06. The molecule has 0 aliphatic carbocycles. The van der Waals surface area contributed by atoms with Crippen molar-refractivity contribution in [3.8, 4) is 0 Å². The zero-order valence-corrected chi connectivity index (χ0v) is 10.7. The van der Waals surface area contributed by atoms with Gasteiger partial charge in [-0.25, -0.2) is 0 Å². The van der Waals surface area contributed by atoms with E-state index in [1.807, 2.05) is 0 Å². The molecule has 1 unspecified atom stereocenters. The number of azide groups is 1. The lowest BCUT2D eigenvalue weighted by Crippen LogP contribution is -2.24. The fourth-order valence-corrected chi connectivity index (χ4v) is 1.06. The van der Waals surface area contributed by atoms with Gasteiger partial charge < -0.3 is 4.74 Å². The van der Waals surface area contributed by atoms with E-state index in [2.05, 4.69) is 51.6 Å². The second-order valence-corrected chi connectivity index (χ2v) is 6.30. The van der Waals surface area contributed by atoms with E-state index in [1.165, 1.54) is 0 Å². The van der Waals surface area contributed by atoms with E-state index in [9.17, 15) is 0 Å². The van der Waals surface area contributed by atoms with Crippen LogP contribution in [0.4, 0.5) is 0 Å². The molecule has 0 heterocycles. The smallest absolute Gasteiger partial charge is 0.137 e. The largest absolute Gasteiger partial charge is 0.372 e. The van der Waals surface area contributed by atoms with Gasteiger partial charge in [0, 0.05) is 4.91 Å². The molecular formula is C11H23N3O. The molecule has 15 heavy (non-hydrogen) atoms. The van der Waals surface area contributed by atoms with Crippen LogP contribution < -0.4 is 0 Å². The van der Waals surface area contributed by atoms with Gasteiger partial charge in [-0.15, -0.1) is 0 Å². The van der Waals surface area contributed by atoms with E-state index in [1.54, 1.807) is 0 Å². The van der Waals surface area contributed by atoms with Crippen LogP contribution in [-0.4, -0.2) is 12.8 Å². The molecule has 4 heteroatoms. The summed E-state index contributed by atoms with van der Waals surface area (Å²) in [4.78, 5) is 2.82. The number of hydrogen-bond acceptors (Lipinski definition) is 2. The summed E-state index contributed by atoms with van der Waals surface area (Å²) in [5.74, 6) is 0. The predicted octanol–water partition coefficient (Wildman–Crippen LogP) is 4.12. The minimum atomic E-state index is -0.353. The summed E-state index contributed by atoms with van der Waals surface area (Å²) in [5.41, 5.74) is 8.65. The summed E-state index contributed by atoms with van der Waals surface area (Å²) in [7, 11) is 0. The molecule has 0 aliphatic heterocycles. The quantitative estimate of drug-likeness (QED) is 0.393. The minimum Gasteiger partial charge on any atom is -0.372 e. The first-order valence-corrected chi connectivity index (χ1v) is 5.30. The van der Waals surface area contributed by atoms with Crippen molar-refractivity contribution in [2.75, 3.05) is 6.61 Å². The highest BCUT2D eigenvalue weighted by atomic mass is 16.5. The van der Waals surface area contributed by atoms with Gasteiger partial charge in [0.05, 0.1) is 6.61 Å². The van der Waals surface area contributed by atoms with E-state index in [0.717, 1.165) is 6.42 Å². The molecule has 0 bridgehead atoms. The summed E-state index contributed by atoms with van der Waals surface area (Å²) >= 11 is 0. The molecule has 88 valence electrons. The molecule has 0 aliphatic rings. The third kappa shape index (κ3) is 9.57. The second-order valence-electron chi connectivity index (χ2n) is 6.30. The molecule has 4 nitrogen and oxygen atoms in total. The van der Waals surface area contributed by atoms with Gasteiger partial charge >= 0.3 is 0 Å². The molecule has 0 saturated heterocycles. The molecule has 0 fully saturated rings. The van der Waals surface area contributed by atoms with Crippen molar-refractivity contribution in [3.05, 3.63) is 10.4 Å². The van der Waals surface area contributed by atoms with Crippen LogP contribution in [0.2, 0.25) is 0 Å². The van der Waals surface area contributed by atoms with Crippen LogP contribution in [0.1, 0.15) is 48.0 Å². The van der Waals surface area contributed by atoms with Crippen molar-refractivity contribution < 1.29 is 4.74 Å². The van der Waals surface area contributed by atoms with Crippen molar-refractivity contribution in [1.82, 2.24) is 0 Å². The zero-order valence-electron chi connectivity index (χ0n) is 10.7. The first kappa shape index (κ1) is 14.3. The maximum absolute atomic E-state index is 8.44. The Morgan fingerprint density at radius 1 is 1.13 bits per heavy atom. The number of ether oxygens (including phenoxy) is 1. The van der Waals surface area contributed by atoms with Crippen molar-refractivity contribution in [2.45, 2.75) is 54.2 Å². The van der Waals surface area contributed by atoms with Crippen molar-refractivity contribution >= 4 is 0 Å². The lowest BCUT2D eigenvalue weighted by molar-refractivity contribution is -0.00727. The summed E-state index contributed by atoms with van der Waals surface area (Å²) in [5, 5.41) is 3.67. The summed E-state index contributed by atoms with van der Waals surface area (Å²) in [6, 6.07) is 0. The Kier molecular flexibility index (Phi) is 5.12. The molecule has 0 aromatic rings. The van der Waals surface area contributed by atoms with Gasteiger partial charge in [0.15, 0.2) is 0 Å². The SMILES string of the molecule is CC(C)(C)COC(CC(C)(C)C)N=[N+]=[N-]. The normalized spacial score (nSPS) is 14.5. The Hall–Kier alpha value is -0.730. The van der Waals surface area contributed by atoms with E-state index >= 15 is 0 Å². The molecular weight excluding hydrogens is 190 g/mol. The molecule has 1 atom stereocenters. The van der Waals surface area contributed by atoms with Gasteiger partial charge in [-0.3, -0.25) is 0 Å². The predicted molar refractivity (Wildman–Crippen MR) is 62.4 cm³/mol. The zero-order chi connectivity index (χ0) is 12.1. The third-order valence-electron chi connectivity index (χ3n) is 1.68. The standard InChI is InChI=1S/C11H23N3O/c1-10(2,3)7-9(13-14-12)15-8-11(4,5)6/h9H,7-8H2,1-6H3. The summed E-state index contributed by atoms with van der Waals surface area (Å²) < 4.78 is 5.60. The van der Waals surface area contributed by atoms with E-state index in [0.29, 0.717) is 6.61 Å². The van der Waals surface area contributed by atoms with Crippen LogP contribution in [0.15, 0.2) is 5.11 Å². The lowest BCUT2D eigenvalue weighted by atomic mass is 9.91. The second kappa shape index (κ2) is 5.38. The van der Waals surface area contributed by atoms with Gasteiger partial charge in [-0.1, -0.05) is 46.7 Å². The molecule has 0 amide bonds. The topological polar surface area (TPSA) is 58.0 Å². The van der Waals surface area contributed by atoms with Crippen LogP contribution in [-0.2, 0) is 4.74 Å². The number of nitrogens with zero attached hydrogens (tertiary/aromatic N) is 3. The molecule has 0 saturated carbocycles. The molecule has 0 spiro atoms. The summed E-state index contributed by atoms with van der Waals surface area (Å²) in [6.07, 6.45) is 0.391. The van der Waals surface area contributed by atoms with Gasteiger partial charge in [-0.05, 0) is 22.8 Å². The Bertz CT molecular complexity index is 231. The average molecular weight is 213 g/mol. The first-order valence-electron chi connectivity index (χ1n) is 5.30. The Labute approximate surface area is 92.6 Å². The highest BCUT2D eigenvalue weighted by molar-refractivity contribution is 4.70.